The lowest BCUT2D eigenvalue weighted by atomic mass is 10.2. The third kappa shape index (κ3) is 1.36. The van der Waals surface area contributed by atoms with E-state index < -0.39 is 0 Å². The molecule has 0 amide bonds. The van der Waals surface area contributed by atoms with Gasteiger partial charge < -0.3 is 10.3 Å². The summed E-state index contributed by atoms with van der Waals surface area (Å²) in [4.78, 5) is 0. The zero-order valence-electron chi connectivity index (χ0n) is 5.45. The Morgan fingerprint density at radius 2 is 2.70 bits per heavy atom. The first-order valence-corrected chi connectivity index (χ1v) is 2.94. The molecule has 1 rings (SSSR count). The van der Waals surface area contributed by atoms with E-state index >= 15 is 0 Å². The maximum atomic E-state index is 5.58. The van der Waals surface area contributed by atoms with Crippen molar-refractivity contribution >= 4 is 0 Å². The highest BCUT2D eigenvalue weighted by Gasteiger charge is 2.05. The predicted octanol–water partition coefficient (Wildman–Crippen LogP) is 0.698. The molecule has 1 atom stereocenters. The molecule has 1 heterocycles. The van der Waals surface area contributed by atoms with Crippen molar-refractivity contribution < 1.29 is 4.52 Å². The average molecular weight is 136 g/mol. The summed E-state index contributed by atoms with van der Waals surface area (Å²) >= 11 is 0. The van der Waals surface area contributed by atoms with Gasteiger partial charge in [-0.2, -0.15) is 0 Å². The second-order valence-corrected chi connectivity index (χ2v) is 1.94. The van der Waals surface area contributed by atoms with Crippen LogP contribution in [0.2, 0.25) is 0 Å². The third-order valence-corrected chi connectivity index (χ3v) is 1.18. The van der Waals surface area contributed by atoms with Gasteiger partial charge in [0.05, 0.1) is 6.04 Å². The molecule has 0 aliphatic rings. The molecule has 3 nitrogen and oxygen atoms in total. The van der Waals surface area contributed by atoms with Gasteiger partial charge in [-0.1, -0.05) is 5.16 Å². The highest BCUT2D eigenvalue weighted by molar-refractivity contribution is 5.05. The Hall–Kier alpha value is -1.27. The summed E-state index contributed by atoms with van der Waals surface area (Å²) in [5.74, 6) is 2.45. The molecule has 0 aromatic carbocycles. The molecular formula is C7H8N2O. The van der Waals surface area contributed by atoms with Gasteiger partial charge in [0.2, 0.25) is 0 Å². The van der Waals surface area contributed by atoms with Crippen LogP contribution in [0.25, 0.3) is 0 Å². The molecule has 0 fully saturated rings. The van der Waals surface area contributed by atoms with Crippen molar-refractivity contribution in [3.05, 3.63) is 18.0 Å². The highest BCUT2D eigenvalue weighted by Crippen LogP contribution is 2.09. The molecule has 1 aromatic heterocycles. The van der Waals surface area contributed by atoms with Gasteiger partial charge in [-0.05, 0) is 0 Å². The lowest BCUT2D eigenvalue weighted by Crippen LogP contribution is -2.09. The topological polar surface area (TPSA) is 52.0 Å². The highest BCUT2D eigenvalue weighted by atomic mass is 16.5. The van der Waals surface area contributed by atoms with Crippen LogP contribution in [0.5, 0.6) is 0 Å². The lowest BCUT2D eigenvalue weighted by Gasteiger charge is -1.99. The molecule has 0 aliphatic carbocycles. The zero-order chi connectivity index (χ0) is 7.40. The molecule has 52 valence electrons. The zero-order valence-corrected chi connectivity index (χ0v) is 5.45. The van der Waals surface area contributed by atoms with Crippen LogP contribution in [-0.4, -0.2) is 5.16 Å². The Morgan fingerprint density at radius 3 is 3.20 bits per heavy atom. The van der Waals surface area contributed by atoms with Crippen LogP contribution in [0.4, 0.5) is 0 Å². The summed E-state index contributed by atoms with van der Waals surface area (Å²) in [5, 5.41) is 3.64. The van der Waals surface area contributed by atoms with E-state index in [1.807, 2.05) is 0 Å². The van der Waals surface area contributed by atoms with Gasteiger partial charge in [0.25, 0.3) is 0 Å². The fourth-order valence-corrected chi connectivity index (χ4v) is 0.645. The molecule has 10 heavy (non-hydrogen) atoms. The van der Waals surface area contributed by atoms with E-state index in [9.17, 15) is 0 Å². The summed E-state index contributed by atoms with van der Waals surface area (Å²) in [5.41, 5.74) is 6.29. The van der Waals surface area contributed by atoms with Gasteiger partial charge >= 0.3 is 0 Å². The quantitative estimate of drug-likeness (QED) is 0.609. The second kappa shape index (κ2) is 3.04. The van der Waals surface area contributed by atoms with E-state index in [4.69, 9.17) is 12.2 Å². The van der Waals surface area contributed by atoms with Crippen LogP contribution in [0.15, 0.2) is 16.9 Å². The Balaban J connectivity index is 2.61. The Bertz CT molecular complexity index is 222. The summed E-state index contributed by atoms with van der Waals surface area (Å²) < 4.78 is 4.58. The van der Waals surface area contributed by atoms with E-state index in [1.54, 1.807) is 6.07 Å². The standard InChI is InChI=1S/C7H8N2O/c1-2-3-6(8)7-4-5-10-9-7/h1,4-6H,3,8H2. The molecule has 1 unspecified atom stereocenters. The Labute approximate surface area is 59.2 Å². The van der Waals surface area contributed by atoms with E-state index in [0.717, 1.165) is 0 Å². The van der Waals surface area contributed by atoms with Crippen molar-refractivity contribution in [2.45, 2.75) is 12.5 Å². The van der Waals surface area contributed by atoms with E-state index in [-0.39, 0.29) is 6.04 Å². The van der Waals surface area contributed by atoms with Crippen LogP contribution in [0.3, 0.4) is 0 Å². The largest absolute Gasteiger partial charge is 0.364 e. The number of nitrogens with zero attached hydrogens (tertiary/aromatic N) is 1. The Kier molecular flexibility index (Phi) is 2.08. The second-order valence-electron chi connectivity index (χ2n) is 1.94. The summed E-state index contributed by atoms with van der Waals surface area (Å²) in [7, 11) is 0. The molecular weight excluding hydrogens is 128 g/mol. The summed E-state index contributed by atoms with van der Waals surface area (Å²) in [6.07, 6.45) is 7.02. The Morgan fingerprint density at radius 1 is 1.90 bits per heavy atom. The van der Waals surface area contributed by atoms with Crippen LogP contribution in [0, 0.1) is 12.3 Å². The normalized spacial score (nSPS) is 12.4. The van der Waals surface area contributed by atoms with Crippen LogP contribution in [0.1, 0.15) is 18.2 Å². The number of nitrogens with two attached hydrogens (primary N) is 1. The van der Waals surface area contributed by atoms with Gasteiger partial charge in [-0.15, -0.1) is 12.3 Å². The van der Waals surface area contributed by atoms with Crippen molar-refractivity contribution in [2.24, 2.45) is 5.73 Å². The van der Waals surface area contributed by atoms with Crippen molar-refractivity contribution in [3.63, 3.8) is 0 Å². The smallest absolute Gasteiger partial charge is 0.124 e. The predicted molar refractivity (Wildman–Crippen MR) is 36.9 cm³/mol. The van der Waals surface area contributed by atoms with Gasteiger partial charge in [-0.25, -0.2) is 0 Å². The first-order chi connectivity index (χ1) is 4.84. The average Bonchev–Trinajstić information content (AvgIpc) is 2.38. The molecule has 3 heteroatoms. The molecule has 2 N–H and O–H groups in total. The minimum atomic E-state index is -0.191. The van der Waals surface area contributed by atoms with E-state index in [1.165, 1.54) is 6.26 Å². The van der Waals surface area contributed by atoms with Gasteiger partial charge in [0.1, 0.15) is 12.0 Å². The maximum absolute atomic E-state index is 5.58. The van der Waals surface area contributed by atoms with Crippen LogP contribution in [-0.2, 0) is 0 Å². The van der Waals surface area contributed by atoms with Gasteiger partial charge in [-0.3, -0.25) is 0 Å². The fraction of sp³-hybridized carbons (Fsp3) is 0.286. The first-order valence-electron chi connectivity index (χ1n) is 2.94. The van der Waals surface area contributed by atoms with Crippen LogP contribution >= 0.6 is 0 Å². The number of rotatable bonds is 2. The minimum absolute atomic E-state index is 0.191. The number of terminal acetylenes is 1. The van der Waals surface area contributed by atoms with Crippen molar-refractivity contribution in [1.82, 2.24) is 5.16 Å². The number of hydrogen-bond donors (Lipinski definition) is 1. The first kappa shape index (κ1) is 6.84. The monoisotopic (exact) mass is 136 g/mol. The van der Waals surface area contributed by atoms with Crippen molar-refractivity contribution in [2.75, 3.05) is 0 Å². The number of hydrogen-bond acceptors (Lipinski definition) is 3. The van der Waals surface area contributed by atoms with Gasteiger partial charge in [0.15, 0.2) is 0 Å². The maximum Gasteiger partial charge on any atom is 0.124 e. The van der Waals surface area contributed by atoms with E-state index in [2.05, 4.69) is 15.6 Å². The lowest BCUT2D eigenvalue weighted by molar-refractivity contribution is 0.406. The fourth-order valence-electron chi connectivity index (χ4n) is 0.645. The molecule has 0 radical (unpaired) electrons. The number of aromatic nitrogens is 1. The minimum Gasteiger partial charge on any atom is -0.364 e. The molecule has 0 aliphatic heterocycles. The SMILES string of the molecule is C#CCC(N)c1ccon1. The van der Waals surface area contributed by atoms with Crippen molar-refractivity contribution in [1.29, 1.82) is 0 Å². The third-order valence-electron chi connectivity index (χ3n) is 1.18. The molecule has 0 bridgehead atoms. The summed E-state index contributed by atoms with van der Waals surface area (Å²) in [6, 6.07) is 1.52. The van der Waals surface area contributed by atoms with Crippen LogP contribution < -0.4 is 5.73 Å². The van der Waals surface area contributed by atoms with Gasteiger partial charge in [0, 0.05) is 12.5 Å². The molecule has 0 saturated carbocycles. The van der Waals surface area contributed by atoms with E-state index in [0.29, 0.717) is 12.1 Å². The molecule has 0 spiro atoms. The summed E-state index contributed by atoms with van der Waals surface area (Å²) in [6.45, 7) is 0. The molecule has 1 aromatic rings. The molecule has 0 saturated heterocycles. The van der Waals surface area contributed by atoms with Crippen molar-refractivity contribution in [3.8, 4) is 12.3 Å².